The summed E-state index contributed by atoms with van der Waals surface area (Å²) in [6, 6.07) is 6.93. The molecule has 0 bridgehead atoms. The van der Waals surface area contributed by atoms with Crippen molar-refractivity contribution in [3.63, 3.8) is 0 Å². The predicted molar refractivity (Wildman–Crippen MR) is 98.4 cm³/mol. The number of aliphatic carboxylic acids is 2. The maximum absolute atomic E-state index is 10.7. The second kappa shape index (κ2) is 8.89. The molecular formula is C20H22O6. The third-order valence-electron chi connectivity index (χ3n) is 4.18. The number of rotatable bonds is 9. The van der Waals surface area contributed by atoms with E-state index in [4.69, 9.17) is 10.2 Å². The Bertz CT molecular complexity index is 838. The number of unbranched alkanes of at least 4 members (excludes halogenated alkanes) is 1. The number of allylic oxidation sites excluding steroid dienone is 1. The van der Waals surface area contributed by atoms with Gasteiger partial charge < -0.3 is 20.4 Å². The number of carbonyl (C=O) groups is 2. The Balaban J connectivity index is 2.37. The van der Waals surface area contributed by atoms with E-state index in [-0.39, 0.29) is 24.3 Å². The molecule has 6 heteroatoms. The van der Waals surface area contributed by atoms with E-state index in [0.29, 0.717) is 47.6 Å². The van der Waals surface area contributed by atoms with Crippen LogP contribution in [0.1, 0.15) is 43.2 Å². The van der Waals surface area contributed by atoms with Crippen LogP contribution in [-0.2, 0) is 16.0 Å². The molecule has 6 nitrogen and oxygen atoms in total. The number of benzene rings is 2. The highest BCUT2D eigenvalue weighted by molar-refractivity contribution is 5.97. The molecule has 0 fully saturated rings. The predicted octanol–water partition coefficient (Wildman–Crippen LogP) is 3.93. The average molecular weight is 358 g/mol. The van der Waals surface area contributed by atoms with Gasteiger partial charge in [0.25, 0.3) is 0 Å². The van der Waals surface area contributed by atoms with Crippen molar-refractivity contribution in [1.82, 2.24) is 0 Å². The number of aromatic hydroxyl groups is 2. The third-order valence-corrected chi connectivity index (χ3v) is 4.18. The first-order valence-corrected chi connectivity index (χ1v) is 8.47. The second-order valence-electron chi connectivity index (χ2n) is 6.07. The number of hydrogen-bond acceptors (Lipinski definition) is 4. The molecule has 0 aromatic heterocycles. The summed E-state index contributed by atoms with van der Waals surface area (Å²) in [5.41, 5.74) is 0.986. The molecule has 0 saturated heterocycles. The fraction of sp³-hybridized carbons (Fsp3) is 0.300. The Labute approximate surface area is 151 Å². The Morgan fingerprint density at radius 3 is 2.12 bits per heavy atom. The minimum absolute atomic E-state index is 0.0230. The lowest BCUT2D eigenvalue weighted by atomic mass is 9.93. The fourth-order valence-electron chi connectivity index (χ4n) is 2.89. The lowest BCUT2D eigenvalue weighted by Gasteiger charge is -2.15. The smallest absolute Gasteiger partial charge is 0.303 e. The van der Waals surface area contributed by atoms with Crippen LogP contribution in [0.4, 0.5) is 0 Å². The summed E-state index contributed by atoms with van der Waals surface area (Å²) in [6.45, 7) is 0. The van der Waals surface area contributed by atoms with E-state index < -0.39 is 11.9 Å². The van der Waals surface area contributed by atoms with Crippen molar-refractivity contribution in [3.05, 3.63) is 41.5 Å². The van der Waals surface area contributed by atoms with E-state index in [2.05, 4.69) is 0 Å². The van der Waals surface area contributed by atoms with Gasteiger partial charge in [-0.05, 0) is 25.7 Å². The van der Waals surface area contributed by atoms with Gasteiger partial charge in [-0.2, -0.15) is 0 Å². The Morgan fingerprint density at radius 2 is 1.50 bits per heavy atom. The quantitative estimate of drug-likeness (QED) is 0.399. The van der Waals surface area contributed by atoms with E-state index in [0.717, 1.165) is 0 Å². The van der Waals surface area contributed by atoms with Crippen LogP contribution in [0.5, 0.6) is 11.5 Å². The monoisotopic (exact) mass is 358 g/mol. The van der Waals surface area contributed by atoms with Gasteiger partial charge in [0.05, 0.1) is 0 Å². The number of carboxylic acid groups (broad SMARTS) is 2. The van der Waals surface area contributed by atoms with Gasteiger partial charge in [-0.25, -0.2) is 0 Å². The SMILES string of the molecule is O=C(O)CC/C=C/c1c(CCCCC(=O)O)c(O)c2ccccc2c1O. The summed E-state index contributed by atoms with van der Waals surface area (Å²) < 4.78 is 0. The molecular weight excluding hydrogens is 336 g/mol. The molecule has 2 aromatic carbocycles. The van der Waals surface area contributed by atoms with Crippen LogP contribution in [0.25, 0.3) is 16.8 Å². The van der Waals surface area contributed by atoms with E-state index in [1.165, 1.54) is 0 Å². The van der Waals surface area contributed by atoms with Gasteiger partial charge in [0.1, 0.15) is 11.5 Å². The molecule has 0 aliphatic carbocycles. The summed E-state index contributed by atoms with van der Waals surface area (Å²) in [7, 11) is 0. The van der Waals surface area contributed by atoms with Crippen molar-refractivity contribution in [2.75, 3.05) is 0 Å². The molecule has 0 aliphatic rings. The third kappa shape index (κ3) is 4.75. The van der Waals surface area contributed by atoms with Crippen molar-refractivity contribution < 1.29 is 30.0 Å². The molecule has 0 unspecified atom stereocenters. The molecule has 0 heterocycles. The molecule has 26 heavy (non-hydrogen) atoms. The van der Waals surface area contributed by atoms with E-state index in [9.17, 15) is 19.8 Å². The Kier molecular flexibility index (Phi) is 6.60. The van der Waals surface area contributed by atoms with Gasteiger partial charge in [0.2, 0.25) is 0 Å². The van der Waals surface area contributed by atoms with Gasteiger partial charge >= 0.3 is 11.9 Å². The highest BCUT2D eigenvalue weighted by Crippen LogP contribution is 2.41. The van der Waals surface area contributed by atoms with Gasteiger partial charge in [-0.3, -0.25) is 9.59 Å². The first-order chi connectivity index (χ1) is 12.4. The zero-order chi connectivity index (χ0) is 19.1. The van der Waals surface area contributed by atoms with Crippen molar-refractivity contribution >= 4 is 28.8 Å². The normalized spacial score (nSPS) is 11.2. The molecule has 0 radical (unpaired) electrons. The van der Waals surface area contributed by atoms with Crippen molar-refractivity contribution in [3.8, 4) is 11.5 Å². The Morgan fingerprint density at radius 1 is 0.885 bits per heavy atom. The van der Waals surface area contributed by atoms with E-state index in [1.54, 1.807) is 36.4 Å². The zero-order valence-electron chi connectivity index (χ0n) is 14.3. The largest absolute Gasteiger partial charge is 0.507 e. The van der Waals surface area contributed by atoms with Crippen molar-refractivity contribution in [2.45, 2.75) is 38.5 Å². The van der Waals surface area contributed by atoms with E-state index in [1.807, 2.05) is 0 Å². The molecule has 138 valence electrons. The molecule has 4 N–H and O–H groups in total. The van der Waals surface area contributed by atoms with Crippen molar-refractivity contribution in [1.29, 1.82) is 0 Å². The van der Waals surface area contributed by atoms with E-state index >= 15 is 0 Å². The molecule has 0 atom stereocenters. The minimum atomic E-state index is -0.908. The number of phenols is 2. The summed E-state index contributed by atoms with van der Waals surface area (Å²) >= 11 is 0. The van der Waals surface area contributed by atoms with Crippen LogP contribution < -0.4 is 0 Å². The van der Waals surface area contributed by atoms with Crippen LogP contribution in [0.15, 0.2) is 30.3 Å². The molecule has 2 rings (SSSR count). The fourth-order valence-corrected chi connectivity index (χ4v) is 2.89. The average Bonchev–Trinajstić information content (AvgIpc) is 2.60. The molecule has 0 amide bonds. The Hall–Kier alpha value is -3.02. The maximum Gasteiger partial charge on any atom is 0.303 e. The van der Waals surface area contributed by atoms with Gasteiger partial charge in [-0.15, -0.1) is 0 Å². The highest BCUT2D eigenvalue weighted by atomic mass is 16.4. The van der Waals surface area contributed by atoms with Crippen LogP contribution in [-0.4, -0.2) is 32.4 Å². The number of hydrogen-bond donors (Lipinski definition) is 4. The lowest BCUT2D eigenvalue weighted by Crippen LogP contribution is -1.97. The van der Waals surface area contributed by atoms with Crippen LogP contribution in [0, 0.1) is 0 Å². The van der Waals surface area contributed by atoms with Gasteiger partial charge in [-0.1, -0.05) is 36.4 Å². The van der Waals surface area contributed by atoms with Crippen LogP contribution >= 0.6 is 0 Å². The first-order valence-electron chi connectivity index (χ1n) is 8.47. The van der Waals surface area contributed by atoms with Gasteiger partial charge in [0.15, 0.2) is 0 Å². The first kappa shape index (κ1) is 19.3. The topological polar surface area (TPSA) is 115 Å². The standard InChI is InChI=1S/C20H22O6/c21-17(22)11-5-3-9-15-16(10-4-6-12-18(23)24)20(26)14-8-2-1-7-13(14)19(15)25/h1-3,7-9,25-26H,4-6,10-12H2,(H,21,22)(H,23,24)/b9-3+. The molecule has 0 aliphatic heterocycles. The second-order valence-corrected chi connectivity index (χ2v) is 6.07. The molecule has 2 aromatic rings. The summed E-state index contributed by atoms with van der Waals surface area (Å²) in [6.07, 6.45) is 5.03. The summed E-state index contributed by atoms with van der Waals surface area (Å²) in [5, 5.41) is 39.8. The number of fused-ring (bicyclic) bond motifs is 1. The highest BCUT2D eigenvalue weighted by Gasteiger charge is 2.17. The minimum Gasteiger partial charge on any atom is -0.507 e. The zero-order valence-corrected chi connectivity index (χ0v) is 14.3. The number of phenolic OH excluding ortho intramolecular Hbond substituents is 2. The summed E-state index contributed by atoms with van der Waals surface area (Å²) in [5.74, 6) is -1.69. The maximum atomic E-state index is 10.7. The van der Waals surface area contributed by atoms with Crippen LogP contribution in [0.3, 0.4) is 0 Å². The molecule has 0 spiro atoms. The van der Waals surface area contributed by atoms with Gasteiger partial charge in [0, 0.05) is 34.7 Å². The van der Waals surface area contributed by atoms with Crippen molar-refractivity contribution in [2.24, 2.45) is 0 Å². The number of carboxylic acids is 2. The lowest BCUT2D eigenvalue weighted by molar-refractivity contribution is -0.138. The molecule has 0 saturated carbocycles. The van der Waals surface area contributed by atoms with Crippen LogP contribution in [0.2, 0.25) is 0 Å². The summed E-state index contributed by atoms with van der Waals surface area (Å²) in [4.78, 5) is 21.3.